The standard InChI is InChI=1S/C16H13FO2/c17-15-4-2-1-3-13(15)9-10-16(19)14-7-5-12(11-18)6-8-14/h1-8,11H,9-10H2. The summed E-state index contributed by atoms with van der Waals surface area (Å²) in [6.07, 6.45) is 1.36. The van der Waals surface area contributed by atoms with E-state index in [1.54, 1.807) is 42.5 Å². The van der Waals surface area contributed by atoms with Crippen molar-refractivity contribution >= 4 is 12.1 Å². The van der Waals surface area contributed by atoms with Gasteiger partial charge < -0.3 is 0 Å². The molecule has 3 heteroatoms. The fraction of sp³-hybridized carbons (Fsp3) is 0.125. The molecule has 0 N–H and O–H groups in total. The van der Waals surface area contributed by atoms with Crippen LogP contribution in [0.15, 0.2) is 48.5 Å². The predicted octanol–water partition coefficient (Wildman–Crippen LogP) is 3.45. The highest BCUT2D eigenvalue weighted by Gasteiger charge is 2.08. The second-order valence-electron chi connectivity index (χ2n) is 4.25. The summed E-state index contributed by atoms with van der Waals surface area (Å²) in [5.74, 6) is -0.340. The highest BCUT2D eigenvalue weighted by atomic mass is 19.1. The number of aryl methyl sites for hydroxylation is 1. The molecule has 2 nitrogen and oxygen atoms in total. The van der Waals surface area contributed by atoms with Crippen molar-refractivity contribution in [2.24, 2.45) is 0 Å². The zero-order valence-corrected chi connectivity index (χ0v) is 10.3. The first-order valence-electron chi connectivity index (χ1n) is 6.02. The van der Waals surface area contributed by atoms with Crippen LogP contribution in [0.1, 0.15) is 32.7 Å². The number of hydrogen-bond acceptors (Lipinski definition) is 2. The molecule has 19 heavy (non-hydrogen) atoms. The fourth-order valence-electron chi connectivity index (χ4n) is 1.84. The summed E-state index contributed by atoms with van der Waals surface area (Å²) in [4.78, 5) is 22.4. The molecule has 0 bridgehead atoms. The number of aldehydes is 1. The second-order valence-corrected chi connectivity index (χ2v) is 4.25. The Labute approximate surface area is 110 Å². The van der Waals surface area contributed by atoms with E-state index in [9.17, 15) is 14.0 Å². The number of hydrogen-bond donors (Lipinski definition) is 0. The smallest absolute Gasteiger partial charge is 0.163 e. The molecule has 0 aliphatic heterocycles. The Kier molecular flexibility index (Phi) is 4.18. The van der Waals surface area contributed by atoms with Gasteiger partial charge in [-0.2, -0.15) is 0 Å². The molecule has 0 unspecified atom stereocenters. The lowest BCUT2D eigenvalue weighted by molar-refractivity contribution is 0.0982. The average Bonchev–Trinajstić information content (AvgIpc) is 2.46. The topological polar surface area (TPSA) is 34.1 Å². The molecule has 0 saturated heterocycles. The number of benzene rings is 2. The minimum absolute atomic E-state index is 0.0549. The molecule has 0 saturated carbocycles. The summed E-state index contributed by atoms with van der Waals surface area (Å²) in [7, 11) is 0. The van der Waals surface area contributed by atoms with Gasteiger partial charge in [0.2, 0.25) is 0 Å². The van der Waals surface area contributed by atoms with Gasteiger partial charge in [0.1, 0.15) is 12.1 Å². The van der Waals surface area contributed by atoms with E-state index in [0.717, 1.165) is 6.29 Å². The van der Waals surface area contributed by atoms with Gasteiger partial charge in [-0.3, -0.25) is 9.59 Å². The summed E-state index contributed by atoms with van der Waals surface area (Å²) in [5.41, 5.74) is 1.62. The Morgan fingerprint density at radius 3 is 2.37 bits per heavy atom. The van der Waals surface area contributed by atoms with Crippen molar-refractivity contribution in [2.45, 2.75) is 12.8 Å². The van der Waals surface area contributed by atoms with Gasteiger partial charge in [0.15, 0.2) is 5.78 Å². The lowest BCUT2D eigenvalue weighted by atomic mass is 10.0. The van der Waals surface area contributed by atoms with Crippen molar-refractivity contribution in [3.8, 4) is 0 Å². The summed E-state index contributed by atoms with van der Waals surface area (Å²) in [6.45, 7) is 0. The molecule has 0 heterocycles. The van der Waals surface area contributed by atoms with Gasteiger partial charge in [-0.1, -0.05) is 42.5 Å². The summed E-state index contributed by atoms with van der Waals surface area (Å²) >= 11 is 0. The van der Waals surface area contributed by atoms with Crippen LogP contribution in [-0.2, 0) is 6.42 Å². The largest absolute Gasteiger partial charge is 0.298 e. The molecule has 0 aliphatic rings. The lowest BCUT2D eigenvalue weighted by Gasteiger charge is -2.03. The Morgan fingerprint density at radius 2 is 1.74 bits per heavy atom. The summed E-state index contributed by atoms with van der Waals surface area (Å²) in [5, 5.41) is 0. The molecular weight excluding hydrogens is 243 g/mol. The Bertz CT molecular complexity index is 588. The minimum atomic E-state index is -0.286. The second kappa shape index (κ2) is 6.05. The van der Waals surface area contributed by atoms with Gasteiger partial charge in [-0.05, 0) is 18.1 Å². The number of carbonyl (C=O) groups is 2. The Morgan fingerprint density at radius 1 is 1.05 bits per heavy atom. The van der Waals surface area contributed by atoms with Crippen LogP contribution in [0.3, 0.4) is 0 Å². The number of rotatable bonds is 5. The first-order chi connectivity index (χ1) is 9.20. The van der Waals surface area contributed by atoms with Crippen LogP contribution in [0.4, 0.5) is 4.39 Å². The summed E-state index contributed by atoms with van der Waals surface area (Å²) in [6, 6.07) is 12.9. The highest BCUT2D eigenvalue weighted by Crippen LogP contribution is 2.12. The monoisotopic (exact) mass is 256 g/mol. The first-order valence-corrected chi connectivity index (χ1v) is 6.02. The van der Waals surface area contributed by atoms with Crippen LogP contribution >= 0.6 is 0 Å². The van der Waals surface area contributed by atoms with Gasteiger partial charge in [0.05, 0.1) is 0 Å². The van der Waals surface area contributed by atoms with E-state index in [1.165, 1.54) is 6.07 Å². The van der Waals surface area contributed by atoms with Crippen molar-refractivity contribution in [1.82, 2.24) is 0 Å². The third kappa shape index (κ3) is 3.35. The SMILES string of the molecule is O=Cc1ccc(C(=O)CCc2ccccc2F)cc1. The molecule has 2 aromatic rings. The van der Waals surface area contributed by atoms with Crippen LogP contribution in [0.2, 0.25) is 0 Å². The van der Waals surface area contributed by atoms with E-state index < -0.39 is 0 Å². The van der Waals surface area contributed by atoms with E-state index in [1.807, 2.05) is 0 Å². The quantitative estimate of drug-likeness (QED) is 0.606. The number of carbonyl (C=O) groups excluding carboxylic acids is 2. The number of halogens is 1. The van der Waals surface area contributed by atoms with Crippen LogP contribution in [0.5, 0.6) is 0 Å². The molecule has 0 aromatic heterocycles. The molecule has 0 aliphatic carbocycles. The van der Waals surface area contributed by atoms with E-state index in [-0.39, 0.29) is 18.0 Å². The van der Waals surface area contributed by atoms with Crippen LogP contribution in [0.25, 0.3) is 0 Å². The highest BCUT2D eigenvalue weighted by molar-refractivity contribution is 5.96. The molecule has 2 aromatic carbocycles. The van der Waals surface area contributed by atoms with Crippen LogP contribution < -0.4 is 0 Å². The van der Waals surface area contributed by atoms with Crippen molar-refractivity contribution in [1.29, 1.82) is 0 Å². The van der Waals surface area contributed by atoms with Gasteiger partial charge >= 0.3 is 0 Å². The van der Waals surface area contributed by atoms with Crippen molar-refractivity contribution < 1.29 is 14.0 Å². The van der Waals surface area contributed by atoms with Crippen LogP contribution in [0, 0.1) is 5.82 Å². The van der Waals surface area contributed by atoms with Gasteiger partial charge in [-0.15, -0.1) is 0 Å². The minimum Gasteiger partial charge on any atom is -0.298 e. The van der Waals surface area contributed by atoms with Crippen molar-refractivity contribution in [3.63, 3.8) is 0 Å². The lowest BCUT2D eigenvalue weighted by Crippen LogP contribution is -2.02. The van der Waals surface area contributed by atoms with Gasteiger partial charge in [-0.25, -0.2) is 4.39 Å². The fourth-order valence-corrected chi connectivity index (χ4v) is 1.84. The first kappa shape index (κ1) is 13.1. The van der Waals surface area contributed by atoms with E-state index in [2.05, 4.69) is 0 Å². The molecule has 0 amide bonds. The number of Topliss-reactive ketones (excluding diaryl/α,β-unsaturated/α-hetero) is 1. The van der Waals surface area contributed by atoms with E-state index in [0.29, 0.717) is 23.1 Å². The third-order valence-electron chi connectivity index (χ3n) is 2.95. The molecule has 0 spiro atoms. The van der Waals surface area contributed by atoms with Gasteiger partial charge in [0.25, 0.3) is 0 Å². The zero-order chi connectivity index (χ0) is 13.7. The zero-order valence-electron chi connectivity index (χ0n) is 10.3. The molecule has 0 fully saturated rings. The normalized spacial score (nSPS) is 10.2. The molecule has 2 rings (SSSR count). The summed E-state index contributed by atoms with van der Waals surface area (Å²) < 4.78 is 13.4. The molecular formula is C16H13FO2. The van der Waals surface area contributed by atoms with E-state index >= 15 is 0 Å². The maximum atomic E-state index is 13.4. The van der Waals surface area contributed by atoms with Crippen molar-refractivity contribution in [2.75, 3.05) is 0 Å². The maximum Gasteiger partial charge on any atom is 0.163 e. The third-order valence-corrected chi connectivity index (χ3v) is 2.95. The Balaban J connectivity index is 2.01. The Hall–Kier alpha value is -2.29. The average molecular weight is 256 g/mol. The maximum absolute atomic E-state index is 13.4. The number of ketones is 1. The molecule has 0 atom stereocenters. The molecule has 0 radical (unpaired) electrons. The van der Waals surface area contributed by atoms with Crippen LogP contribution in [-0.4, -0.2) is 12.1 Å². The van der Waals surface area contributed by atoms with Crippen molar-refractivity contribution in [3.05, 3.63) is 71.0 Å². The molecule has 96 valence electrons. The van der Waals surface area contributed by atoms with E-state index in [4.69, 9.17) is 0 Å². The van der Waals surface area contributed by atoms with Gasteiger partial charge in [0, 0.05) is 17.5 Å². The predicted molar refractivity (Wildman–Crippen MR) is 70.9 cm³/mol.